The second-order valence-corrected chi connectivity index (χ2v) is 17.2. The lowest BCUT2D eigenvalue weighted by Crippen LogP contribution is -2.06. The normalized spacial score (nSPS) is 12.4. The minimum atomic E-state index is -0.144. The van der Waals surface area contributed by atoms with Gasteiger partial charge in [-0.2, -0.15) is 0 Å². The summed E-state index contributed by atoms with van der Waals surface area (Å²) in [7, 11) is 0. The van der Waals surface area contributed by atoms with Crippen LogP contribution in [0.15, 0.2) is 253 Å². The molecule has 10 aromatic carbocycles. The Morgan fingerprint density at radius 1 is 0.388 bits per heavy atom. The maximum absolute atomic E-state index is 5.43. The largest absolute Gasteiger partial charge is 0.258 e. The van der Waals surface area contributed by atoms with Crippen LogP contribution in [0, 0.1) is 0 Å². The smallest absolute Gasteiger partial charge is 0.155 e. The molecule has 0 N–H and O–H groups in total. The Balaban J connectivity index is 1.01. The van der Waals surface area contributed by atoms with Crippen molar-refractivity contribution < 1.29 is 0 Å². The van der Waals surface area contributed by atoms with E-state index in [0.29, 0.717) is 5.84 Å². The average Bonchev–Trinajstić information content (AvgIpc) is 3.40. The van der Waals surface area contributed by atoms with E-state index in [1.807, 2.05) is 18.3 Å². The molecule has 0 radical (unpaired) electrons. The first-order chi connectivity index (χ1) is 33.0. The summed E-state index contributed by atoms with van der Waals surface area (Å²) in [6, 6.07) is 84.2. The second kappa shape index (κ2) is 18.2. The number of aromatic nitrogens is 1. The molecule has 0 saturated heterocycles. The van der Waals surface area contributed by atoms with Crippen molar-refractivity contribution in [3.63, 3.8) is 0 Å². The van der Waals surface area contributed by atoms with Crippen molar-refractivity contribution in [3.8, 4) is 55.6 Å². The van der Waals surface area contributed by atoms with E-state index in [2.05, 4.69) is 238 Å². The number of hydrogen-bond acceptors (Lipinski definition) is 2. The van der Waals surface area contributed by atoms with Gasteiger partial charge >= 0.3 is 0 Å². The monoisotopic (exact) mass is 857 g/mol. The number of aliphatic imine (C=N–C) groups is 2. The molecule has 0 aliphatic rings. The molecule has 11 aromatic rings. The van der Waals surface area contributed by atoms with Crippen molar-refractivity contribution in [3.05, 3.63) is 259 Å². The zero-order valence-electron chi connectivity index (χ0n) is 37.5. The summed E-state index contributed by atoms with van der Waals surface area (Å²) >= 11 is 0. The van der Waals surface area contributed by atoms with Gasteiger partial charge in [0.05, 0.1) is 11.6 Å². The molecule has 1 atom stereocenters. The minimum Gasteiger partial charge on any atom is -0.258 e. The SMILES string of the molecule is CC(=NC(=NC(C)c1ccc(-c2ccccc2)cc1)c1ccc(-c2ccccc2)cc1)c1cc(-c2ccc(-c3cc4ccccc4c4ccccc34)cc2)cc(-c2cnc3ccccc3c2)c1. The topological polar surface area (TPSA) is 37.6 Å². The van der Waals surface area contributed by atoms with Crippen LogP contribution in [0.4, 0.5) is 0 Å². The molecule has 0 aliphatic carbocycles. The number of amidine groups is 1. The van der Waals surface area contributed by atoms with Gasteiger partial charge in [0.1, 0.15) is 0 Å². The van der Waals surface area contributed by atoms with Crippen LogP contribution < -0.4 is 0 Å². The van der Waals surface area contributed by atoms with E-state index in [-0.39, 0.29) is 6.04 Å². The van der Waals surface area contributed by atoms with E-state index in [1.165, 1.54) is 49.4 Å². The van der Waals surface area contributed by atoms with Crippen molar-refractivity contribution in [2.24, 2.45) is 9.98 Å². The van der Waals surface area contributed by atoms with Gasteiger partial charge in [0.15, 0.2) is 5.84 Å². The zero-order valence-corrected chi connectivity index (χ0v) is 37.5. The highest BCUT2D eigenvalue weighted by atomic mass is 14.9. The fourth-order valence-corrected chi connectivity index (χ4v) is 9.21. The summed E-state index contributed by atoms with van der Waals surface area (Å²) < 4.78 is 0. The summed E-state index contributed by atoms with van der Waals surface area (Å²) in [6.07, 6.45) is 1.98. The van der Waals surface area contributed by atoms with Gasteiger partial charge in [-0.1, -0.05) is 200 Å². The molecule has 1 aromatic heterocycles. The Bertz CT molecular complexity index is 3610. The van der Waals surface area contributed by atoms with E-state index in [4.69, 9.17) is 15.0 Å². The van der Waals surface area contributed by atoms with E-state index in [0.717, 1.165) is 61.1 Å². The molecule has 0 saturated carbocycles. The summed E-state index contributed by atoms with van der Waals surface area (Å²) in [6.45, 7) is 4.25. The highest BCUT2D eigenvalue weighted by Crippen LogP contribution is 2.37. The molecule has 3 nitrogen and oxygen atoms in total. The highest BCUT2D eigenvalue weighted by Gasteiger charge is 2.15. The molecule has 1 unspecified atom stereocenters. The Hall–Kier alpha value is -8.53. The van der Waals surface area contributed by atoms with Gasteiger partial charge in [0, 0.05) is 28.4 Å². The van der Waals surface area contributed by atoms with Gasteiger partial charge in [-0.05, 0) is 133 Å². The van der Waals surface area contributed by atoms with Crippen LogP contribution in [0.5, 0.6) is 0 Å². The molecular weight excluding hydrogens is 811 g/mol. The molecule has 3 heteroatoms. The lowest BCUT2D eigenvalue weighted by atomic mass is 9.91. The van der Waals surface area contributed by atoms with Crippen molar-refractivity contribution in [2.75, 3.05) is 0 Å². The number of fused-ring (bicyclic) bond motifs is 4. The maximum Gasteiger partial charge on any atom is 0.155 e. The van der Waals surface area contributed by atoms with Crippen LogP contribution in [0.1, 0.15) is 36.6 Å². The number of nitrogens with zero attached hydrogens (tertiary/aromatic N) is 3. The zero-order chi connectivity index (χ0) is 45.1. The van der Waals surface area contributed by atoms with Crippen LogP contribution in [-0.4, -0.2) is 16.5 Å². The van der Waals surface area contributed by atoms with Crippen molar-refractivity contribution in [1.29, 1.82) is 0 Å². The van der Waals surface area contributed by atoms with Crippen LogP contribution in [0.2, 0.25) is 0 Å². The predicted octanol–water partition coefficient (Wildman–Crippen LogP) is 16.9. The summed E-state index contributed by atoms with van der Waals surface area (Å²) in [4.78, 5) is 15.7. The highest BCUT2D eigenvalue weighted by molar-refractivity contribution is 6.14. The summed E-state index contributed by atoms with van der Waals surface area (Å²) in [5.41, 5.74) is 16.4. The Labute approximate surface area is 392 Å². The Morgan fingerprint density at radius 2 is 0.896 bits per heavy atom. The van der Waals surface area contributed by atoms with E-state index >= 15 is 0 Å². The van der Waals surface area contributed by atoms with Gasteiger partial charge in [0.25, 0.3) is 0 Å². The van der Waals surface area contributed by atoms with Gasteiger partial charge in [-0.3, -0.25) is 9.98 Å². The van der Waals surface area contributed by atoms with Crippen molar-refractivity contribution in [2.45, 2.75) is 19.9 Å². The van der Waals surface area contributed by atoms with Gasteiger partial charge in [0.2, 0.25) is 0 Å². The molecule has 1 heterocycles. The molecule has 0 amide bonds. The molecular formula is C64H47N3. The molecule has 0 aliphatic heterocycles. The number of pyridine rings is 1. The van der Waals surface area contributed by atoms with Crippen molar-refractivity contribution >= 4 is 44.0 Å². The fraction of sp³-hybridized carbons (Fsp3) is 0.0469. The lowest BCUT2D eigenvalue weighted by molar-refractivity contribution is 0.819. The van der Waals surface area contributed by atoms with Gasteiger partial charge < -0.3 is 0 Å². The predicted molar refractivity (Wildman–Crippen MR) is 284 cm³/mol. The molecule has 318 valence electrons. The third-order valence-electron chi connectivity index (χ3n) is 12.9. The Kier molecular flexibility index (Phi) is 11.2. The third kappa shape index (κ3) is 8.59. The Morgan fingerprint density at radius 3 is 1.58 bits per heavy atom. The van der Waals surface area contributed by atoms with Gasteiger partial charge in [-0.15, -0.1) is 0 Å². The fourth-order valence-electron chi connectivity index (χ4n) is 9.21. The minimum absolute atomic E-state index is 0.144. The molecule has 0 fully saturated rings. The molecule has 0 bridgehead atoms. The molecule has 67 heavy (non-hydrogen) atoms. The van der Waals surface area contributed by atoms with Crippen molar-refractivity contribution in [1.82, 2.24) is 4.98 Å². The lowest BCUT2D eigenvalue weighted by Gasteiger charge is -2.14. The number of hydrogen-bond donors (Lipinski definition) is 0. The van der Waals surface area contributed by atoms with Crippen LogP contribution >= 0.6 is 0 Å². The van der Waals surface area contributed by atoms with Crippen LogP contribution in [0.25, 0.3) is 88.1 Å². The van der Waals surface area contributed by atoms with E-state index in [1.54, 1.807) is 0 Å². The maximum atomic E-state index is 5.43. The van der Waals surface area contributed by atoms with Gasteiger partial charge in [-0.25, -0.2) is 4.99 Å². The van der Waals surface area contributed by atoms with Crippen LogP contribution in [-0.2, 0) is 0 Å². The third-order valence-corrected chi connectivity index (χ3v) is 12.9. The number of para-hydroxylation sites is 1. The first kappa shape index (κ1) is 41.2. The first-order valence-electron chi connectivity index (χ1n) is 23.0. The molecule has 11 rings (SSSR count). The molecule has 0 spiro atoms. The number of benzene rings is 10. The first-order valence-corrected chi connectivity index (χ1v) is 23.0. The second-order valence-electron chi connectivity index (χ2n) is 17.2. The quantitative estimate of drug-likeness (QED) is 0.0809. The average molecular weight is 858 g/mol. The number of rotatable bonds is 9. The standard InChI is InChI=1S/C64H47N3/c1-43(45-25-27-48(28-26-45)46-15-5-3-6-16-46)66-64(52-35-31-49(32-36-52)47-17-7-4-8-18-47)67-44(2)55-38-56(40-57(39-55)58-37-54-20-10-14-24-63(54)65-42-58)50-29-33-51(34-30-50)62-41-53-19-9-11-21-59(53)60-22-12-13-23-61(60)62/h3-43H,1-2H3. The summed E-state index contributed by atoms with van der Waals surface area (Å²) in [5, 5.41) is 6.12. The van der Waals surface area contributed by atoms with E-state index in [9.17, 15) is 0 Å². The van der Waals surface area contributed by atoms with E-state index < -0.39 is 0 Å². The van der Waals surface area contributed by atoms with Crippen LogP contribution in [0.3, 0.4) is 0 Å². The summed E-state index contributed by atoms with van der Waals surface area (Å²) in [5.74, 6) is 0.683.